The molecule has 4 aromatic rings. The molecule has 3 aromatic carbocycles. The van der Waals surface area contributed by atoms with E-state index in [2.05, 4.69) is 15.1 Å². The minimum Gasteiger partial charge on any atom is -0.493 e. The van der Waals surface area contributed by atoms with E-state index in [1.54, 1.807) is 30.7 Å². The van der Waals surface area contributed by atoms with Gasteiger partial charge < -0.3 is 14.4 Å². The van der Waals surface area contributed by atoms with E-state index in [1.807, 2.05) is 60.7 Å². The summed E-state index contributed by atoms with van der Waals surface area (Å²) in [5.74, 6) is 1.99. The lowest BCUT2D eigenvalue weighted by molar-refractivity contribution is 0.355. The van der Waals surface area contributed by atoms with E-state index in [9.17, 15) is 8.42 Å². The van der Waals surface area contributed by atoms with Crippen molar-refractivity contribution in [3.05, 3.63) is 72.8 Å². The Hall–Kier alpha value is -3.69. The third kappa shape index (κ3) is 4.52. The van der Waals surface area contributed by atoms with Crippen molar-refractivity contribution in [3.8, 4) is 22.8 Å². The van der Waals surface area contributed by atoms with Gasteiger partial charge in [-0.05, 0) is 53.2 Å². The molecule has 1 aromatic heterocycles. The van der Waals surface area contributed by atoms with Crippen LogP contribution in [-0.4, -0.2) is 63.3 Å². The molecule has 0 bridgehead atoms. The third-order valence-corrected chi connectivity index (χ3v) is 8.15. The molecule has 8 nitrogen and oxygen atoms in total. The molecule has 1 aliphatic rings. The Morgan fingerprint density at radius 3 is 2.17 bits per heavy atom. The Morgan fingerprint density at radius 2 is 1.49 bits per heavy atom. The topological polar surface area (TPSA) is 84.9 Å². The zero-order chi connectivity index (χ0) is 24.4. The number of hydrogen-bond donors (Lipinski definition) is 0. The Labute approximate surface area is 204 Å². The zero-order valence-electron chi connectivity index (χ0n) is 19.6. The summed E-state index contributed by atoms with van der Waals surface area (Å²) in [5.41, 5.74) is 1.58. The van der Waals surface area contributed by atoms with Crippen LogP contribution in [0.5, 0.6) is 11.5 Å². The predicted octanol–water partition coefficient (Wildman–Crippen LogP) is 3.82. The van der Waals surface area contributed by atoms with Crippen molar-refractivity contribution >= 4 is 26.6 Å². The summed E-state index contributed by atoms with van der Waals surface area (Å²) in [6.07, 6.45) is 0. The summed E-state index contributed by atoms with van der Waals surface area (Å²) in [6, 6.07) is 22.5. The molecule has 35 heavy (non-hydrogen) atoms. The number of anilines is 1. The second-order valence-electron chi connectivity index (χ2n) is 8.25. The van der Waals surface area contributed by atoms with Crippen LogP contribution >= 0.6 is 0 Å². The molecule has 180 valence electrons. The first kappa shape index (κ1) is 23.1. The van der Waals surface area contributed by atoms with Crippen molar-refractivity contribution in [3.63, 3.8) is 0 Å². The molecule has 1 saturated heterocycles. The molecule has 9 heteroatoms. The zero-order valence-corrected chi connectivity index (χ0v) is 20.4. The van der Waals surface area contributed by atoms with Gasteiger partial charge in [0.15, 0.2) is 17.3 Å². The van der Waals surface area contributed by atoms with Crippen LogP contribution in [-0.2, 0) is 10.0 Å². The van der Waals surface area contributed by atoms with Crippen molar-refractivity contribution in [2.75, 3.05) is 45.3 Å². The third-order valence-electron chi connectivity index (χ3n) is 6.25. The van der Waals surface area contributed by atoms with E-state index in [-0.39, 0.29) is 0 Å². The molecule has 0 aliphatic carbocycles. The summed E-state index contributed by atoms with van der Waals surface area (Å²) in [5, 5.41) is 10.7. The van der Waals surface area contributed by atoms with Crippen LogP contribution in [0.15, 0.2) is 77.7 Å². The lowest BCUT2D eigenvalue weighted by atomic mass is 10.1. The van der Waals surface area contributed by atoms with E-state index in [0.717, 1.165) is 22.2 Å². The first-order valence-electron chi connectivity index (χ1n) is 11.3. The highest BCUT2D eigenvalue weighted by Gasteiger charge is 2.29. The maximum atomic E-state index is 13.2. The van der Waals surface area contributed by atoms with Gasteiger partial charge in [0.25, 0.3) is 0 Å². The quantitative estimate of drug-likeness (QED) is 0.406. The summed E-state index contributed by atoms with van der Waals surface area (Å²) in [6.45, 7) is 1.84. The lowest BCUT2D eigenvalue weighted by Gasteiger charge is -2.34. The lowest BCUT2D eigenvalue weighted by Crippen LogP contribution is -2.49. The Morgan fingerprint density at radius 1 is 0.743 bits per heavy atom. The highest BCUT2D eigenvalue weighted by atomic mass is 32.2. The number of sulfonamides is 1. The summed E-state index contributed by atoms with van der Waals surface area (Å²) in [7, 11) is -0.376. The van der Waals surface area contributed by atoms with E-state index >= 15 is 0 Å². The Kier molecular flexibility index (Phi) is 6.27. The first-order valence-corrected chi connectivity index (χ1v) is 12.7. The largest absolute Gasteiger partial charge is 0.493 e. The molecule has 5 rings (SSSR count). The van der Waals surface area contributed by atoms with Crippen LogP contribution in [0.2, 0.25) is 0 Å². The van der Waals surface area contributed by atoms with Gasteiger partial charge >= 0.3 is 0 Å². The fraction of sp³-hybridized carbons (Fsp3) is 0.231. The molecule has 0 unspecified atom stereocenters. The van der Waals surface area contributed by atoms with Crippen molar-refractivity contribution < 1.29 is 17.9 Å². The van der Waals surface area contributed by atoms with Crippen LogP contribution < -0.4 is 14.4 Å². The van der Waals surface area contributed by atoms with Crippen LogP contribution in [0, 0.1) is 0 Å². The maximum Gasteiger partial charge on any atom is 0.243 e. The normalized spacial score (nSPS) is 14.7. The SMILES string of the molecule is COc1ccc(-c2ccc(N3CCN(S(=O)(=O)c4ccc5ccccc5c4)CC3)nn2)cc1OC. The Bertz CT molecular complexity index is 1450. The second-order valence-corrected chi connectivity index (χ2v) is 10.2. The molecule has 0 amide bonds. The number of aromatic nitrogens is 2. The average molecular weight is 491 g/mol. The van der Waals surface area contributed by atoms with Crippen LogP contribution in [0.25, 0.3) is 22.0 Å². The van der Waals surface area contributed by atoms with Gasteiger partial charge in [-0.2, -0.15) is 4.31 Å². The Balaban J connectivity index is 1.28. The molecular formula is C26H26N4O4S. The number of methoxy groups -OCH3 is 2. The molecule has 0 radical (unpaired) electrons. The summed E-state index contributed by atoms with van der Waals surface area (Å²) >= 11 is 0. The van der Waals surface area contributed by atoms with Gasteiger partial charge in [0, 0.05) is 31.7 Å². The highest BCUT2D eigenvalue weighted by Crippen LogP contribution is 2.32. The van der Waals surface area contributed by atoms with E-state index in [0.29, 0.717) is 48.3 Å². The van der Waals surface area contributed by atoms with Crippen LogP contribution in [0.1, 0.15) is 0 Å². The number of hydrogen-bond acceptors (Lipinski definition) is 7. The van der Waals surface area contributed by atoms with Crippen LogP contribution in [0.4, 0.5) is 5.82 Å². The first-order chi connectivity index (χ1) is 17.0. The minimum atomic E-state index is -3.57. The molecule has 2 heterocycles. The van der Waals surface area contributed by atoms with E-state index in [1.165, 1.54) is 0 Å². The smallest absolute Gasteiger partial charge is 0.243 e. The van der Waals surface area contributed by atoms with Gasteiger partial charge in [-0.3, -0.25) is 0 Å². The van der Waals surface area contributed by atoms with E-state index < -0.39 is 10.0 Å². The van der Waals surface area contributed by atoms with Crippen LogP contribution in [0.3, 0.4) is 0 Å². The highest BCUT2D eigenvalue weighted by molar-refractivity contribution is 7.89. The number of fused-ring (bicyclic) bond motifs is 1. The number of ether oxygens (including phenoxy) is 2. The second kappa shape index (κ2) is 9.52. The van der Waals surface area contributed by atoms with Crippen molar-refractivity contribution in [2.45, 2.75) is 4.90 Å². The molecular weight excluding hydrogens is 464 g/mol. The number of rotatable bonds is 6. The fourth-order valence-corrected chi connectivity index (χ4v) is 5.74. The van der Waals surface area contributed by atoms with Gasteiger partial charge in [0.1, 0.15) is 0 Å². The van der Waals surface area contributed by atoms with Gasteiger partial charge in [-0.1, -0.05) is 30.3 Å². The van der Waals surface area contributed by atoms with Gasteiger partial charge in [0.05, 0.1) is 24.8 Å². The van der Waals surface area contributed by atoms with Crippen molar-refractivity contribution in [2.24, 2.45) is 0 Å². The van der Waals surface area contributed by atoms with Gasteiger partial charge in [0.2, 0.25) is 10.0 Å². The molecule has 0 spiro atoms. The molecule has 0 atom stereocenters. The summed E-state index contributed by atoms with van der Waals surface area (Å²) < 4.78 is 38.7. The molecule has 1 fully saturated rings. The fourth-order valence-electron chi connectivity index (χ4n) is 4.28. The monoisotopic (exact) mass is 490 g/mol. The average Bonchev–Trinajstić information content (AvgIpc) is 2.92. The molecule has 0 saturated carbocycles. The van der Waals surface area contributed by atoms with Crippen molar-refractivity contribution in [1.82, 2.24) is 14.5 Å². The molecule has 0 N–H and O–H groups in total. The maximum absolute atomic E-state index is 13.2. The van der Waals surface area contributed by atoms with Gasteiger partial charge in [-0.15, -0.1) is 10.2 Å². The van der Waals surface area contributed by atoms with Crippen molar-refractivity contribution in [1.29, 1.82) is 0 Å². The standard InChI is InChI=1S/C26H26N4O4S/c1-33-24-11-8-21(18-25(24)34-2)23-10-12-26(28-27-23)29-13-15-30(16-14-29)35(31,32)22-9-7-19-5-3-4-6-20(19)17-22/h3-12,17-18H,13-16H2,1-2H3. The van der Waals surface area contributed by atoms with Gasteiger partial charge in [-0.25, -0.2) is 8.42 Å². The number of benzene rings is 3. The number of piperazine rings is 1. The summed E-state index contributed by atoms with van der Waals surface area (Å²) in [4.78, 5) is 2.38. The predicted molar refractivity (Wildman–Crippen MR) is 135 cm³/mol. The minimum absolute atomic E-state index is 0.323. The molecule has 1 aliphatic heterocycles. The van der Waals surface area contributed by atoms with E-state index in [4.69, 9.17) is 9.47 Å². The number of nitrogens with zero attached hydrogens (tertiary/aromatic N) is 4.